The van der Waals surface area contributed by atoms with Crippen LogP contribution in [-0.4, -0.2) is 58.4 Å². The molecule has 1 aliphatic carbocycles. The van der Waals surface area contributed by atoms with E-state index in [4.69, 9.17) is 14.2 Å². The highest BCUT2D eigenvalue weighted by molar-refractivity contribution is 5.91. The van der Waals surface area contributed by atoms with Gasteiger partial charge in [-0.3, -0.25) is 25.0 Å². The average molecular weight is 495 g/mol. The average Bonchev–Trinajstić information content (AvgIpc) is 3.52. The zero-order chi connectivity index (χ0) is 25.5. The van der Waals surface area contributed by atoms with Crippen LogP contribution in [0.5, 0.6) is 17.2 Å². The first-order valence-corrected chi connectivity index (χ1v) is 11.2. The van der Waals surface area contributed by atoms with Gasteiger partial charge in [0.2, 0.25) is 0 Å². The van der Waals surface area contributed by atoms with Crippen molar-refractivity contribution in [3.8, 4) is 17.2 Å². The van der Waals surface area contributed by atoms with Crippen molar-refractivity contribution in [2.45, 2.75) is 31.3 Å². The van der Waals surface area contributed by atoms with Crippen LogP contribution in [0.1, 0.15) is 41.2 Å². The summed E-state index contributed by atoms with van der Waals surface area (Å²) < 4.78 is 16.0. The van der Waals surface area contributed by atoms with Crippen LogP contribution in [0.4, 0.5) is 16.3 Å². The van der Waals surface area contributed by atoms with Gasteiger partial charge < -0.3 is 24.6 Å². The SMILES string of the molecule is COc1cc(O)c(C=O)c(OCC(=O)Nc2cc([C@H]3CC[C@@H](OC(=O)Nc4ccncc4)C3)[nH]n2)c1. The Morgan fingerprint density at radius 2 is 2.00 bits per heavy atom. The minimum Gasteiger partial charge on any atom is -0.507 e. The highest BCUT2D eigenvalue weighted by atomic mass is 16.6. The number of hydrogen-bond acceptors (Lipinski definition) is 9. The van der Waals surface area contributed by atoms with Gasteiger partial charge in [0.05, 0.1) is 12.7 Å². The van der Waals surface area contributed by atoms with E-state index in [1.54, 1.807) is 30.6 Å². The fourth-order valence-corrected chi connectivity index (χ4v) is 3.94. The van der Waals surface area contributed by atoms with E-state index >= 15 is 0 Å². The molecule has 2 heterocycles. The minimum atomic E-state index is -0.522. The smallest absolute Gasteiger partial charge is 0.411 e. The number of hydrogen-bond donors (Lipinski definition) is 4. The lowest BCUT2D eigenvalue weighted by Crippen LogP contribution is -2.20. The van der Waals surface area contributed by atoms with E-state index in [1.165, 1.54) is 19.2 Å². The van der Waals surface area contributed by atoms with Crippen LogP contribution in [0, 0.1) is 0 Å². The second-order valence-corrected chi connectivity index (χ2v) is 8.12. The Morgan fingerprint density at radius 1 is 1.19 bits per heavy atom. The highest BCUT2D eigenvalue weighted by Crippen LogP contribution is 2.36. The van der Waals surface area contributed by atoms with E-state index in [0.717, 1.165) is 12.1 Å². The number of carbonyl (C=O) groups excluding carboxylic acids is 3. The minimum absolute atomic E-state index is 0.0182. The maximum Gasteiger partial charge on any atom is 0.411 e. The van der Waals surface area contributed by atoms with Crippen molar-refractivity contribution in [2.75, 3.05) is 24.4 Å². The number of nitrogens with one attached hydrogen (secondary N) is 3. The summed E-state index contributed by atoms with van der Waals surface area (Å²) in [6.45, 7) is -0.415. The number of anilines is 2. The maximum atomic E-state index is 12.3. The third-order valence-corrected chi connectivity index (χ3v) is 5.70. The van der Waals surface area contributed by atoms with E-state index < -0.39 is 18.6 Å². The number of nitrogens with zero attached hydrogens (tertiary/aromatic N) is 2. The van der Waals surface area contributed by atoms with Crippen molar-refractivity contribution < 1.29 is 33.7 Å². The molecular formula is C24H25N5O7. The van der Waals surface area contributed by atoms with Crippen LogP contribution in [0.15, 0.2) is 42.7 Å². The number of rotatable bonds is 9. The number of benzene rings is 1. The molecule has 188 valence electrons. The number of methoxy groups -OCH3 is 1. The van der Waals surface area contributed by atoms with Crippen molar-refractivity contribution in [3.05, 3.63) is 54.0 Å². The number of phenols is 1. The second-order valence-electron chi connectivity index (χ2n) is 8.12. The Bertz CT molecular complexity index is 1230. The van der Waals surface area contributed by atoms with Gasteiger partial charge in [0.15, 0.2) is 18.7 Å². The van der Waals surface area contributed by atoms with Crippen molar-refractivity contribution in [1.82, 2.24) is 15.2 Å². The molecular weight excluding hydrogens is 470 g/mol. The van der Waals surface area contributed by atoms with Crippen molar-refractivity contribution in [1.29, 1.82) is 0 Å². The molecule has 12 nitrogen and oxygen atoms in total. The van der Waals surface area contributed by atoms with Gasteiger partial charge >= 0.3 is 6.09 Å². The molecule has 1 fully saturated rings. The van der Waals surface area contributed by atoms with Crippen LogP contribution in [0.3, 0.4) is 0 Å². The third-order valence-electron chi connectivity index (χ3n) is 5.70. The maximum absolute atomic E-state index is 12.3. The molecule has 0 spiro atoms. The molecule has 4 rings (SSSR count). The van der Waals surface area contributed by atoms with Gasteiger partial charge in [-0.1, -0.05) is 0 Å². The monoisotopic (exact) mass is 495 g/mol. The van der Waals surface area contributed by atoms with Gasteiger partial charge in [0.25, 0.3) is 5.91 Å². The fraction of sp³-hybridized carbons (Fsp3) is 0.292. The van der Waals surface area contributed by atoms with Crippen molar-refractivity contribution in [2.24, 2.45) is 0 Å². The van der Waals surface area contributed by atoms with Gasteiger partial charge in [-0.15, -0.1) is 0 Å². The molecule has 1 aliphatic rings. The lowest BCUT2D eigenvalue weighted by molar-refractivity contribution is -0.118. The van der Waals surface area contributed by atoms with E-state index in [2.05, 4.69) is 25.8 Å². The summed E-state index contributed by atoms with van der Waals surface area (Å²) in [5.74, 6) is -0.127. The van der Waals surface area contributed by atoms with Gasteiger partial charge in [-0.25, -0.2) is 4.79 Å². The predicted molar refractivity (Wildman–Crippen MR) is 127 cm³/mol. The molecule has 1 aromatic carbocycles. The molecule has 0 aliphatic heterocycles. The number of amides is 2. The molecule has 2 amide bonds. The summed E-state index contributed by atoms with van der Waals surface area (Å²) in [4.78, 5) is 39.6. The van der Waals surface area contributed by atoms with Crippen LogP contribution < -0.4 is 20.1 Å². The molecule has 12 heteroatoms. The Labute approximate surface area is 206 Å². The summed E-state index contributed by atoms with van der Waals surface area (Å²) in [5.41, 5.74) is 1.33. The molecule has 2 aromatic heterocycles. The Balaban J connectivity index is 1.27. The Kier molecular flexibility index (Phi) is 7.63. The first-order valence-electron chi connectivity index (χ1n) is 11.2. The summed E-state index contributed by atoms with van der Waals surface area (Å²) in [6, 6.07) is 7.74. The third kappa shape index (κ3) is 6.09. The normalized spacial score (nSPS) is 16.7. The van der Waals surface area contributed by atoms with Gasteiger partial charge in [-0.05, 0) is 31.4 Å². The number of aldehydes is 1. The summed E-state index contributed by atoms with van der Waals surface area (Å²) in [5, 5.41) is 22.2. The van der Waals surface area contributed by atoms with Crippen LogP contribution in [-0.2, 0) is 9.53 Å². The van der Waals surface area contributed by atoms with Crippen LogP contribution in [0.25, 0.3) is 0 Å². The number of pyridine rings is 1. The lowest BCUT2D eigenvalue weighted by atomic mass is 10.0. The predicted octanol–water partition coefficient (Wildman–Crippen LogP) is 3.23. The van der Waals surface area contributed by atoms with E-state index in [-0.39, 0.29) is 34.8 Å². The Hall–Kier alpha value is -4.61. The zero-order valence-corrected chi connectivity index (χ0v) is 19.4. The van der Waals surface area contributed by atoms with Crippen LogP contribution in [0.2, 0.25) is 0 Å². The number of H-pyrrole nitrogens is 1. The number of aromatic hydroxyl groups is 1. The summed E-state index contributed by atoms with van der Waals surface area (Å²) in [7, 11) is 1.40. The topological polar surface area (TPSA) is 165 Å². The lowest BCUT2D eigenvalue weighted by Gasteiger charge is -2.13. The molecule has 0 bridgehead atoms. The van der Waals surface area contributed by atoms with Crippen molar-refractivity contribution in [3.63, 3.8) is 0 Å². The first-order chi connectivity index (χ1) is 17.4. The quantitative estimate of drug-likeness (QED) is 0.326. The van der Waals surface area contributed by atoms with E-state index in [0.29, 0.717) is 30.6 Å². The number of phenolic OH excluding ortho intramolecular Hbond substituents is 1. The molecule has 0 unspecified atom stereocenters. The Morgan fingerprint density at radius 3 is 2.75 bits per heavy atom. The number of ether oxygens (including phenoxy) is 3. The second kappa shape index (κ2) is 11.2. The molecule has 36 heavy (non-hydrogen) atoms. The van der Waals surface area contributed by atoms with E-state index in [9.17, 15) is 19.5 Å². The molecule has 0 saturated heterocycles. The number of aromatic amines is 1. The van der Waals surface area contributed by atoms with Gasteiger partial charge in [-0.2, -0.15) is 5.10 Å². The zero-order valence-electron chi connectivity index (χ0n) is 19.4. The molecule has 2 atom stereocenters. The standard InChI is InChI=1S/C24H25N5O7/c1-34-17-9-20(31)18(12-30)21(10-17)35-13-23(32)27-22-11-19(28-29-22)14-2-3-16(8-14)36-24(33)26-15-4-6-25-7-5-15/h4-7,9-12,14,16,31H,2-3,8,13H2,1H3,(H,25,26,33)(H2,27,28,29,32)/t14-,16+/m0/s1. The first kappa shape index (κ1) is 24.5. The van der Waals surface area contributed by atoms with Gasteiger partial charge in [0.1, 0.15) is 23.4 Å². The van der Waals surface area contributed by atoms with E-state index in [1.807, 2.05) is 0 Å². The summed E-state index contributed by atoms with van der Waals surface area (Å²) in [6.07, 6.45) is 4.95. The molecule has 0 radical (unpaired) electrons. The molecule has 1 saturated carbocycles. The van der Waals surface area contributed by atoms with Crippen molar-refractivity contribution >= 4 is 29.8 Å². The molecule has 4 N–H and O–H groups in total. The number of aromatic nitrogens is 3. The van der Waals surface area contributed by atoms with Gasteiger partial charge in [0, 0.05) is 47.9 Å². The highest BCUT2D eigenvalue weighted by Gasteiger charge is 2.30. The largest absolute Gasteiger partial charge is 0.507 e. The molecule has 3 aromatic rings. The number of carbonyl (C=O) groups is 3. The fourth-order valence-electron chi connectivity index (χ4n) is 3.94. The van der Waals surface area contributed by atoms with Crippen LogP contribution >= 0.6 is 0 Å². The summed E-state index contributed by atoms with van der Waals surface area (Å²) >= 11 is 0.